The molecule has 0 radical (unpaired) electrons. The van der Waals surface area contributed by atoms with Crippen LogP contribution in [0.3, 0.4) is 0 Å². The molecule has 3 heteroatoms. The monoisotopic (exact) mass is 318 g/mol. The molecule has 0 fully saturated rings. The van der Waals surface area contributed by atoms with Crippen LogP contribution in [0, 0.1) is 13.8 Å². The second-order valence-electron chi connectivity index (χ2n) is 6.12. The Hall–Kier alpha value is -2.81. The van der Waals surface area contributed by atoms with Gasteiger partial charge in [0.2, 0.25) is 5.91 Å². The maximum atomic E-state index is 12.6. The van der Waals surface area contributed by atoms with E-state index in [2.05, 4.69) is 28.9 Å². The van der Waals surface area contributed by atoms with Gasteiger partial charge in [0.05, 0.1) is 12.5 Å². The molecule has 1 heterocycles. The fraction of sp³-hybridized carbons (Fsp3) is 0.190. The fourth-order valence-electron chi connectivity index (χ4n) is 3.00. The highest BCUT2D eigenvalue weighted by molar-refractivity contribution is 5.91. The van der Waals surface area contributed by atoms with Crippen LogP contribution in [0.1, 0.15) is 29.2 Å². The molecule has 122 valence electrons. The first-order valence-corrected chi connectivity index (χ1v) is 8.18. The van der Waals surface area contributed by atoms with Gasteiger partial charge in [-0.25, -0.2) is 0 Å². The van der Waals surface area contributed by atoms with Crippen molar-refractivity contribution in [3.05, 3.63) is 89.7 Å². The molecule has 0 spiro atoms. The van der Waals surface area contributed by atoms with Crippen molar-refractivity contribution >= 4 is 11.6 Å². The largest absolute Gasteiger partial charge is 0.346 e. The molecule has 0 unspecified atom stereocenters. The number of carbonyl (C=O) groups excluding carboxylic acids is 1. The van der Waals surface area contributed by atoms with E-state index in [0.717, 1.165) is 11.3 Å². The Morgan fingerprint density at radius 3 is 2.46 bits per heavy atom. The molecule has 1 aromatic heterocycles. The maximum Gasteiger partial charge on any atom is 0.226 e. The molecule has 0 saturated heterocycles. The molecule has 0 aliphatic heterocycles. The minimum Gasteiger partial charge on any atom is -0.346 e. The predicted octanol–water partition coefficient (Wildman–Crippen LogP) is 4.72. The predicted molar refractivity (Wildman–Crippen MR) is 98.2 cm³/mol. The van der Waals surface area contributed by atoms with Crippen LogP contribution in [0.2, 0.25) is 0 Å². The van der Waals surface area contributed by atoms with Crippen LogP contribution in [0.5, 0.6) is 0 Å². The van der Waals surface area contributed by atoms with E-state index in [1.807, 2.05) is 67.8 Å². The highest BCUT2D eigenvalue weighted by Gasteiger charge is 2.19. The Bertz CT molecular complexity index is 821. The van der Waals surface area contributed by atoms with Gasteiger partial charge in [-0.3, -0.25) is 4.79 Å². The molecule has 1 atom stereocenters. The number of aryl methyl sites for hydroxylation is 2. The van der Waals surface area contributed by atoms with Crippen LogP contribution < -0.4 is 5.32 Å². The van der Waals surface area contributed by atoms with E-state index in [9.17, 15) is 4.79 Å². The summed E-state index contributed by atoms with van der Waals surface area (Å²) in [5, 5.41) is 3.01. The number of hydrogen-bond acceptors (Lipinski definition) is 1. The zero-order valence-corrected chi connectivity index (χ0v) is 14.1. The Morgan fingerprint density at radius 2 is 1.75 bits per heavy atom. The number of aromatic nitrogens is 1. The van der Waals surface area contributed by atoms with Crippen LogP contribution in [-0.2, 0) is 4.79 Å². The number of nitrogens with one attached hydrogen (secondary N) is 1. The fourth-order valence-corrected chi connectivity index (χ4v) is 3.00. The van der Waals surface area contributed by atoms with Gasteiger partial charge in [0, 0.05) is 18.1 Å². The Balaban J connectivity index is 1.82. The van der Waals surface area contributed by atoms with Crippen LogP contribution in [0.4, 0.5) is 5.69 Å². The van der Waals surface area contributed by atoms with E-state index in [0.29, 0.717) is 6.42 Å². The van der Waals surface area contributed by atoms with Crippen LogP contribution in [-0.4, -0.2) is 10.5 Å². The second kappa shape index (κ2) is 7.18. The van der Waals surface area contributed by atoms with Gasteiger partial charge >= 0.3 is 0 Å². The van der Waals surface area contributed by atoms with Gasteiger partial charge in [0.1, 0.15) is 0 Å². The van der Waals surface area contributed by atoms with E-state index in [1.54, 1.807) is 0 Å². The summed E-state index contributed by atoms with van der Waals surface area (Å²) in [5.41, 5.74) is 4.34. The molecule has 0 saturated carbocycles. The van der Waals surface area contributed by atoms with Gasteiger partial charge in [-0.2, -0.15) is 0 Å². The molecule has 2 aromatic carbocycles. The number of amides is 1. The molecular formula is C21H22N2O. The lowest BCUT2D eigenvalue weighted by atomic mass is 9.98. The van der Waals surface area contributed by atoms with Crippen molar-refractivity contribution in [2.45, 2.75) is 26.3 Å². The summed E-state index contributed by atoms with van der Waals surface area (Å²) in [7, 11) is 0. The highest BCUT2D eigenvalue weighted by Crippen LogP contribution is 2.26. The topological polar surface area (TPSA) is 34.0 Å². The van der Waals surface area contributed by atoms with Crippen molar-refractivity contribution in [3.8, 4) is 0 Å². The molecule has 1 amide bonds. The lowest BCUT2D eigenvalue weighted by Crippen LogP contribution is -2.20. The van der Waals surface area contributed by atoms with Crippen LogP contribution >= 0.6 is 0 Å². The second-order valence-corrected chi connectivity index (χ2v) is 6.12. The third kappa shape index (κ3) is 3.74. The zero-order chi connectivity index (χ0) is 16.9. The van der Waals surface area contributed by atoms with E-state index in [4.69, 9.17) is 0 Å². The minimum atomic E-state index is -0.00832. The summed E-state index contributed by atoms with van der Waals surface area (Å²) < 4.78 is 2.10. The third-order valence-electron chi connectivity index (χ3n) is 4.22. The number of benzene rings is 2. The van der Waals surface area contributed by atoms with Crippen molar-refractivity contribution in [1.29, 1.82) is 0 Å². The minimum absolute atomic E-state index is 0.00832. The average Bonchev–Trinajstić information content (AvgIpc) is 3.07. The van der Waals surface area contributed by atoms with Gasteiger partial charge < -0.3 is 9.88 Å². The summed E-state index contributed by atoms with van der Waals surface area (Å²) in [6.07, 6.45) is 4.42. The summed E-state index contributed by atoms with van der Waals surface area (Å²) in [6, 6.07) is 20.1. The molecule has 24 heavy (non-hydrogen) atoms. The standard InChI is InChI=1S/C21H22N2O/c1-16-8-7-10-18(14-16)22-21(24)15-20(23-12-5-6-13-23)19-11-4-3-9-17(19)2/h3-14,20H,15H2,1-2H3,(H,22,24)/t20-/m0/s1. The number of hydrogen-bond donors (Lipinski definition) is 1. The van der Waals surface area contributed by atoms with Gasteiger partial charge in [0.25, 0.3) is 0 Å². The van der Waals surface area contributed by atoms with Crippen molar-refractivity contribution in [3.63, 3.8) is 0 Å². The number of anilines is 1. The van der Waals surface area contributed by atoms with E-state index < -0.39 is 0 Å². The summed E-state index contributed by atoms with van der Waals surface area (Å²) in [5.74, 6) is 0.0163. The molecule has 1 N–H and O–H groups in total. The number of nitrogens with zero attached hydrogens (tertiary/aromatic N) is 1. The number of carbonyl (C=O) groups is 1. The van der Waals surface area contributed by atoms with Crippen molar-refractivity contribution in [1.82, 2.24) is 4.57 Å². The lowest BCUT2D eigenvalue weighted by Gasteiger charge is -2.21. The summed E-state index contributed by atoms with van der Waals surface area (Å²) in [4.78, 5) is 12.6. The van der Waals surface area contributed by atoms with Crippen LogP contribution in [0.25, 0.3) is 0 Å². The van der Waals surface area contributed by atoms with E-state index in [-0.39, 0.29) is 11.9 Å². The molecular weight excluding hydrogens is 296 g/mol. The van der Waals surface area contributed by atoms with Gasteiger partial charge in [0.15, 0.2) is 0 Å². The quantitative estimate of drug-likeness (QED) is 0.725. The highest BCUT2D eigenvalue weighted by atomic mass is 16.1. The maximum absolute atomic E-state index is 12.6. The molecule has 0 bridgehead atoms. The molecule has 3 nitrogen and oxygen atoms in total. The van der Waals surface area contributed by atoms with E-state index in [1.165, 1.54) is 11.1 Å². The first kappa shape index (κ1) is 16.1. The first-order chi connectivity index (χ1) is 11.6. The Kier molecular flexibility index (Phi) is 4.80. The zero-order valence-electron chi connectivity index (χ0n) is 14.1. The normalized spacial score (nSPS) is 11.9. The summed E-state index contributed by atoms with van der Waals surface area (Å²) in [6.45, 7) is 4.11. The van der Waals surface area contributed by atoms with Gasteiger partial charge in [-0.15, -0.1) is 0 Å². The molecule has 0 aliphatic carbocycles. The lowest BCUT2D eigenvalue weighted by molar-refractivity contribution is -0.116. The molecule has 3 rings (SSSR count). The molecule has 0 aliphatic rings. The Labute approximate surface area is 143 Å². The molecule has 3 aromatic rings. The Morgan fingerprint density at radius 1 is 1.00 bits per heavy atom. The van der Waals surface area contributed by atoms with Crippen LogP contribution in [0.15, 0.2) is 73.1 Å². The van der Waals surface area contributed by atoms with E-state index >= 15 is 0 Å². The summed E-state index contributed by atoms with van der Waals surface area (Å²) >= 11 is 0. The van der Waals surface area contributed by atoms with Crippen molar-refractivity contribution in [2.75, 3.05) is 5.32 Å². The van der Waals surface area contributed by atoms with Gasteiger partial charge in [-0.1, -0.05) is 36.4 Å². The first-order valence-electron chi connectivity index (χ1n) is 8.18. The smallest absolute Gasteiger partial charge is 0.226 e. The van der Waals surface area contributed by atoms with Crippen molar-refractivity contribution in [2.24, 2.45) is 0 Å². The SMILES string of the molecule is Cc1cccc(NC(=O)C[C@@H](c2ccccc2C)n2cccc2)c1. The average molecular weight is 318 g/mol. The van der Waals surface area contributed by atoms with Gasteiger partial charge in [-0.05, 0) is 54.8 Å². The third-order valence-corrected chi connectivity index (χ3v) is 4.22. The van der Waals surface area contributed by atoms with Crippen molar-refractivity contribution < 1.29 is 4.79 Å². The number of rotatable bonds is 5.